The van der Waals surface area contributed by atoms with E-state index in [9.17, 15) is 0 Å². The van der Waals surface area contributed by atoms with Gasteiger partial charge in [0.15, 0.2) is 0 Å². The maximum Gasteiger partial charge on any atom is 0.139 e. The molecular formula is C35H23NO. The van der Waals surface area contributed by atoms with E-state index in [0.717, 1.165) is 17.6 Å². The summed E-state index contributed by atoms with van der Waals surface area (Å²) in [5, 5.41) is 9.92. The number of benzene rings is 5. The van der Waals surface area contributed by atoms with Crippen LogP contribution < -0.4 is 0 Å². The first-order valence-electron chi connectivity index (χ1n) is 12.8. The maximum absolute atomic E-state index is 6.37. The highest BCUT2D eigenvalue weighted by molar-refractivity contribution is 6.25. The predicted molar refractivity (Wildman–Crippen MR) is 155 cm³/mol. The van der Waals surface area contributed by atoms with E-state index in [2.05, 4.69) is 108 Å². The Bertz CT molecular complexity index is 2040. The highest BCUT2D eigenvalue weighted by Crippen LogP contribution is 2.41. The fraction of sp³-hybridized carbons (Fsp3) is 0.0571. The van der Waals surface area contributed by atoms with E-state index < -0.39 is 0 Å². The van der Waals surface area contributed by atoms with E-state index in [4.69, 9.17) is 4.42 Å². The van der Waals surface area contributed by atoms with Gasteiger partial charge in [0.2, 0.25) is 0 Å². The van der Waals surface area contributed by atoms with Crippen LogP contribution in [0.2, 0.25) is 0 Å². The molecular weight excluding hydrogens is 450 g/mol. The Morgan fingerprint density at radius 3 is 2.32 bits per heavy atom. The smallest absolute Gasteiger partial charge is 0.139 e. The minimum atomic E-state index is 0.263. The van der Waals surface area contributed by atoms with Gasteiger partial charge in [0.25, 0.3) is 0 Å². The predicted octanol–water partition coefficient (Wildman–Crippen LogP) is 9.57. The average molecular weight is 474 g/mol. The second kappa shape index (κ2) is 7.91. The molecule has 0 fully saturated rings. The third kappa shape index (κ3) is 3.09. The lowest BCUT2D eigenvalue weighted by Crippen LogP contribution is -2.01. The number of hydrogen-bond acceptors (Lipinski definition) is 2. The number of furan rings is 1. The molecule has 1 aliphatic rings. The molecule has 0 bridgehead atoms. The summed E-state index contributed by atoms with van der Waals surface area (Å²) in [5.41, 5.74) is 5.83. The van der Waals surface area contributed by atoms with Gasteiger partial charge in [-0.15, -0.1) is 0 Å². The molecule has 0 amide bonds. The molecule has 2 aromatic heterocycles. The number of nitrogens with zero attached hydrogens (tertiary/aromatic N) is 1. The summed E-state index contributed by atoms with van der Waals surface area (Å²) in [4.78, 5) is 4.41. The molecule has 0 spiro atoms. The van der Waals surface area contributed by atoms with Crippen LogP contribution in [0, 0.1) is 0 Å². The molecule has 174 valence electrons. The van der Waals surface area contributed by atoms with Crippen molar-refractivity contribution in [3.63, 3.8) is 0 Å². The Labute approximate surface area is 214 Å². The molecule has 2 heteroatoms. The van der Waals surface area contributed by atoms with Crippen molar-refractivity contribution in [3.05, 3.63) is 133 Å². The number of para-hydroxylation sites is 2. The number of rotatable bonds is 2. The Morgan fingerprint density at radius 1 is 0.649 bits per heavy atom. The molecule has 0 radical (unpaired) electrons. The van der Waals surface area contributed by atoms with E-state index in [0.29, 0.717) is 0 Å². The van der Waals surface area contributed by atoms with Crippen molar-refractivity contribution in [2.24, 2.45) is 0 Å². The molecule has 0 N–H and O–H groups in total. The summed E-state index contributed by atoms with van der Waals surface area (Å²) in [6.45, 7) is 0. The Hall–Kier alpha value is -4.69. The number of aromatic nitrogens is 1. The maximum atomic E-state index is 6.37. The normalized spacial score (nSPS) is 15.8. The van der Waals surface area contributed by atoms with Crippen LogP contribution in [0.25, 0.3) is 59.8 Å². The fourth-order valence-electron chi connectivity index (χ4n) is 6.17. The molecule has 1 atom stereocenters. The largest absolute Gasteiger partial charge is 0.456 e. The molecule has 0 saturated heterocycles. The first kappa shape index (κ1) is 20.5. The van der Waals surface area contributed by atoms with E-state index in [1.807, 2.05) is 18.5 Å². The van der Waals surface area contributed by atoms with Gasteiger partial charge in [0.05, 0.1) is 0 Å². The molecule has 1 aliphatic carbocycles. The van der Waals surface area contributed by atoms with Gasteiger partial charge in [-0.3, -0.25) is 4.98 Å². The summed E-state index contributed by atoms with van der Waals surface area (Å²) in [6.07, 6.45) is 11.6. The minimum absolute atomic E-state index is 0.263. The Morgan fingerprint density at radius 2 is 1.41 bits per heavy atom. The molecule has 2 nitrogen and oxygen atoms in total. The second-order valence-electron chi connectivity index (χ2n) is 9.94. The van der Waals surface area contributed by atoms with Crippen LogP contribution in [0.5, 0.6) is 0 Å². The zero-order valence-electron chi connectivity index (χ0n) is 20.2. The van der Waals surface area contributed by atoms with E-state index in [1.165, 1.54) is 59.8 Å². The van der Waals surface area contributed by atoms with Gasteiger partial charge in [-0.25, -0.2) is 0 Å². The van der Waals surface area contributed by atoms with Crippen molar-refractivity contribution < 1.29 is 4.42 Å². The molecule has 2 heterocycles. The third-order valence-electron chi connectivity index (χ3n) is 7.92. The summed E-state index contributed by atoms with van der Waals surface area (Å²) in [7, 11) is 0. The van der Waals surface area contributed by atoms with E-state index in [-0.39, 0.29) is 5.92 Å². The highest BCUT2D eigenvalue weighted by atomic mass is 16.3. The molecule has 5 aromatic carbocycles. The summed E-state index contributed by atoms with van der Waals surface area (Å²) in [5.74, 6) is 0.263. The van der Waals surface area contributed by atoms with Gasteiger partial charge in [0.1, 0.15) is 11.2 Å². The van der Waals surface area contributed by atoms with Crippen LogP contribution >= 0.6 is 0 Å². The first-order chi connectivity index (χ1) is 18.3. The average Bonchev–Trinajstić information content (AvgIpc) is 3.36. The molecule has 7 aromatic rings. The van der Waals surface area contributed by atoms with Crippen molar-refractivity contribution in [3.8, 4) is 0 Å². The standard InChI is InChI=1S/C35H23NO/c1-2-10-27-26(9-1)32-20-23(15-16-28(32)29-17-18-36-21-33(27)29)22-7-5-8-24(19-22)25-12-6-13-31-30-11-3-4-14-34(30)37-35(25)31/h1-18,20-21,24H,19H2. The van der Waals surface area contributed by atoms with Crippen molar-refractivity contribution >= 4 is 59.8 Å². The van der Waals surface area contributed by atoms with E-state index in [1.54, 1.807) is 0 Å². The van der Waals surface area contributed by atoms with Crippen molar-refractivity contribution in [1.29, 1.82) is 0 Å². The molecule has 0 aliphatic heterocycles. The van der Waals surface area contributed by atoms with E-state index >= 15 is 0 Å². The molecule has 37 heavy (non-hydrogen) atoms. The van der Waals surface area contributed by atoms with Gasteiger partial charge in [-0.2, -0.15) is 0 Å². The number of fused-ring (bicyclic) bond motifs is 9. The first-order valence-corrected chi connectivity index (χ1v) is 12.8. The van der Waals surface area contributed by atoms with Crippen LogP contribution in [0.4, 0.5) is 0 Å². The second-order valence-corrected chi connectivity index (χ2v) is 9.94. The lowest BCUT2D eigenvalue weighted by atomic mass is 9.84. The molecule has 1 unspecified atom stereocenters. The van der Waals surface area contributed by atoms with Gasteiger partial charge in [-0.1, -0.05) is 91.0 Å². The van der Waals surface area contributed by atoms with Gasteiger partial charge in [0, 0.05) is 40.0 Å². The van der Waals surface area contributed by atoms with Crippen molar-refractivity contribution in [2.45, 2.75) is 12.3 Å². The number of pyridine rings is 1. The van der Waals surface area contributed by atoms with Gasteiger partial charge < -0.3 is 4.42 Å². The third-order valence-corrected chi connectivity index (χ3v) is 7.92. The van der Waals surface area contributed by atoms with Crippen LogP contribution in [0.15, 0.2) is 126 Å². The van der Waals surface area contributed by atoms with Crippen LogP contribution in [0.3, 0.4) is 0 Å². The van der Waals surface area contributed by atoms with Crippen LogP contribution in [0.1, 0.15) is 23.5 Å². The highest BCUT2D eigenvalue weighted by Gasteiger charge is 2.20. The number of allylic oxidation sites excluding steroid dienone is 4. The van der Waals surface area contributed by atoms with Crippen molar-refractivity contribution in [1.82, 2.24) is 4.98 Å². The quantitative estimate of drug-likeness (QED) is 0.234. The van der Waals surface area contributed by atoms with Gasteiger partial charge >= 0.3 is 0 Å². The Kier molecular flexibility index (Phi) is 4.38. The minimum Gasteiger partial charge on any atom is -0.456 e. The van der Waals surface area contributed by atoms with Crippen molar-refractivity contribution in [2.75, 3.05) is 0 Å². The van der Waals surface area contributed by atoms with Gasteiger partial charge in [-0.05, 0) is 62.7 Å². The Balaban J connectivity index is 1.26. The summed E-state index contributed by atoms with van der Waals surface area (Å²) < 4.78 is 6.37. The topological polar surface area (TPSA) is 26.0 Å². The molecule has 8 rings (SSSR count). The SMILES string of the molecule is C1=CC(c2cccc3c2oc2ccccc23)CC(c2ccc3c4ccncc4c4ccccc4c3c2)=C1. The lowest BCUT2D eigenvalue weighted by Gasteiger charge is -2.20. The number of hydrogen-bond donors (Lipinski definition) is 0. The summed E-state index contributed by atoms with van der Waals surface area (Å²) in [6, 6.07) is 32.6. The van der Waals surface area contributed by atoms with Crippen LogP contribution in [-0.2, 0) is 0 Å². The zero-order valence-corrected chi connectivity index (χ0v) is 20.2. The summed E-state index contributed by atoms with van der Waals surface area (Å²) >= 11 is 0. The zero-order chi connectivity index (χ0) is 24.3. The monoisotopic (exact) mass is 473 g/mol. The lowest BCUT2D eigenvalue weighted by molar-refractivity contribution is 0.658. The van der Waals surface area contributed by atoms with Crippen LogP contribution in [-0.4, -0.2) is 4.98 Å². The fourth-order valence-corrected chi connectivity index (χ4v) is 6.17. The molecule has 0 saturated carbocycles.